The molecule has 1 heterocycles. The molecule has 0 radical (unpaired) electrons. The highest BCUT2D eigenvalue weighted by Gasteiger charge is 2.22. The van der Waals surface area contributed by atoms with E-state index in [4.69, 9.17) is 0 Å². The summed E-state index contributed by atoms with van der Waals surface area (Å²) in [4.78, 5) is 23.6. The lowest BCUT2D eigenvalue weighted by atomic mass is 10.1. The van der Waals surface area contributed by atoms with Crippen molar-refractivity contribution in [2.75, 3.05) is 30.3 Å². The van der Waals surface area contributed by atoms with Gasteiger partial charge < -0.3 is 21.3 Å². The van der Waals surface area contributed by atoms with E-state index in [-0.39, 0.29) is 11.8 Å². The second-order valence-corrected chi connectivity index (χ2v) is 5.46. The minimum Gasteiger partial charge on any atom is -0.382 e. The molecule has 0 atom stereocenters. The summed E-state index contributed by atoms with van der Waals surface area (Å²) in [5, 5.41) is 12.2. The van der Waals surface area contributed by atoms with Crippen molar-refractivity contribution in [3.63, 3.8) is 0 Å². The number of hydrogen-bond acceptors (Lipinski definition) is 4. The van der Waals surface area contributed by atoms with Gasteiger partial charge in [-0.3, -0.25) is 9.59 Å². The van der Waals surface area contributed by atoms with Crippen molar-refractivity contribution in [1.29, 1.82) is 0 Å². The first-order valence-electron chi connectivity index (χ1n) is 7.42. The Balaban J connectivity index is 1.49. The van der Waals surface area contributed by atoms with E-state index in [0.717, 1.165) is 37.3 Å². The number of carbonyl (C=O) groups excluding carboxylic acids is 2. The second-order valence-electron chi connectivity index (χ2n) is 5.46. The van der Waals surface area contributed by atoms with Crippen LogP contribution in [-0.2, 0) is 4.79 Å². The maximum atomic E-state index is 12.1. The minimum absolute atomic E-state index is 0.00843. The predicted octanol–water partition coefficient (Wildman–Crippen LogP) is 0.922. The second kappa shape index (κ2) is 6.03. The zero-order valence-electron chi connectivity index (χ0n) is 11.9. The fourth-order valence-corrected chi connectivity index (χ4v) is 2.30. The van der Waals surface area contributed by atoms with E-state index in [1.807, 2.05) is 12.1 Å². The molecule has 6 heteroatoms. The number of benzene rings is 1. The number of rotatable bonds is 5. The molecule has 1 aromatic rings. The van der Waals surface area contributed by atoms with Crippen LogP contribution in [0.2, 0.25) is 0 Å². The summed E-state index contributed by atoms with van der Waals surface area (Å²) in [6, 6.07) is 5.89. The van der Waals surface area contributed by atoms with Crippen LogP contribution in [-0.4, -0.2) is 37.5 Å². The molecule has 21 heavy (non-hydrogen) atoms. The highest BCUT2D eigenvalue weighted by Crippen LogP contribution is 2.25. The Labute approximate surface area is 123 Å². The Morgan fingerprint density at radius 2 is 1.90 bits per heavy atom. The summed E-state index contributed by atoms with van der Waals surface area (Å²) in [7, 11) is 0. The maximum Gasteiger partial charge on any atom is 0.251 e. The molecule has 1 fully saturated rings. The summed E-state index contributed by atoms with van der Waals surface area (Å²) in [5.41, 5.74) is 2.56. The third kappa shape index (κ3) is 3.65. The van der Waals surface area contributed by atoms with E-state index in [0.29, 0.717) is 24.6 Å². The van der Waals surface area contributed by atoms with E-state index in [1.54, 1.807) is 6.07 Å². The fourth-order valence-electron chi connectivity index (χ4n) is 2.30. The van der Waals surface area contributed by atoms with Crippen LogP contribution in [0.25, 0.3) is 0 Å². The van der Waals surface area contributed by atoms with Gasteiger partial charge in [0.25, 0.3) is 5.91 Å². The molecule has 1 aliphatic heterocycles. The Kier molecular flexibility index (Phi) is 3.94. The van der Waals surface area contributed by atoms with Gasteiger partial charge >= 0.3 is 0 Å². The van der Waals surface area contributed by atoms with Crippen LogP contribution < -0.4 is 21.3 Å². The Hall–Kier alpha value is -2.24. The number of hydrogen-bond donors (Lipinski definition) is 4. The summed E-state index contributed by atoms with van der Waals surface area (Å²) < 4.78 is 0. The summed E-state index contributed by atoms with van der Waals surface area (Å²) >= 11 is 0. The first-order valence-corrected chi connectivity index (χ1v) is 7.42. The molecule has 0 bridgehead atoms. The average Bonchev–Trinajstić information content (AvgIpc) is 3.30. The fraction of sp³-hybridized carbons (Fsp3) is 0.467. The smallest absolute Gasteiger partial charge is 0.251 e. The molecular formula is C15H20N4O2. The molecular weight excluding hydrogens is 268 g/mol. The van der Waals surface area contributed by atoms with Gasteiger partial charge in [-0.1, -0.05) is 0 Å². The Bertz CT molecular complexity index is 555. The molecule has 1 saturated carbocycles. The summed E-state index contributed by atoms with van der Waals surface area (Å²) in [5.74, 6) is -0.140. The van der Waals surface area contributed by atoms with Crippen molar-refractivity contribution in [2.24, 2.45) is 0 Å². The van der Waals surface area contributed by atoms with Crippen LogP contribution in [0.4, 0.5) is 11.4 Å². The zero-order valence-corrected chi connectivity index (χ0v) is 11.9. The molecule has 0 unspecified atom stereocenters. The Morgan fingerprint density at radius 1 is 1.14 bits per heavy atom. The van der Waals surface area contributed by atoms with Crippen LogP contribution in [0.1, 0.15) is 29.6 Å². The number of nitrogens with one attached hydrogen (secondary N) is 4. The molecule has 4 N–H and O–H groups in total. The number of carbonyl (C=O) groups is 2. The van der Waals surface area contributed by atoms with Crippen molar-refractivity contribution in [2.45, 2.75) is 25.3 Å². The van der Waals surface area contributed by atoms with Crippen LogP contribution in [0.15, 0.2) is 18.2 Å². The van der Waals surface area contributed by atoms with E-state index < -0.39 is 0 Å². The monoisotopic (exact) mass is 288 g/mol. The molecule has 0 saturated heterocycles. The van der Waals surface area contributed by atoms with Crippen LogP contribution in [0.5, 0.6) is 0 Å². The van der Waals surface area contributed by atoms with Gasteiger partial charge in [0, 0.05) is 37.7 Å². The summed E-state index contributed by atoms with van der Waals surface area (Å²) in [6.07, 6.45) is 2.48. The van der Waals surface area contributed by atoms with Gasteiger partial charge in [-0.15, -0.1) is 0 Å². The molecule has 1 aliphatic carbocycles. The normalized spacial score (nSPS) is 16.2. The molecule has 0 spiro atoms. The number of fused-ring (bicyclic) bond motifs is 1. The van der Waals surface area contributed by atoms with Crippen LogP contribution in [0, 0.1) is 0 Å². The largest absolute Gasteiger partial charge is 0.382 e. The van der Waals surface area contributed by atoms with E-state index >= 15 is 0 Å². The van der Waals surface area contributed by atoms with Gasteiger partial charge in [0.1, 0.15) is 0 Å². The van der Waals surface area contributed by atoms with Gasteiger partial charge in [0.05, 0.1) is 11.4 Å². The molecule has 112 valence electrons. The first-order chi connectivity index (χ1) is 10.2. The number of anilines is 2. The van der Waals surface area contributed by atoms with Crippen molar-refractivity contribution in [1.82, 2.24) is 10.6 Å². The van der Waals surface area contributed by atoms with Crippen LogP contribution >= 0.6 is 0 Å². The van der Waals surface area contributed by atoms with Crippen molar-refractivity contribution in [3.8, 4) is 0 Å². The van der Waals surface area contributed by atoms with Gasteiger partial charge in [-0.2, -0.15) is 0 Å². The SMILES string of the molecule is O=C(CCNC(=O)c1ccc2c(c1)NCCN2)NC1CC1. The highest BCUT2D eigenvalue weighted by atomic mass is 16.2. The summed E-state index contributed by atoms with van der Waals surface area (Å²) in [6.45, 7) is 2.09. The van der Waals surface area contributed by atoms with Crippen LogP contribution in [0.3, 0.4) is 0 Å². The number of amides is 2. The standard InChI is InChI=1S/C15H20N4O2/c20-14(19-11-2-3-11)5-6-18-15(21)10-1-4-12-13(9-10)17-8-7-16-12/h1,4,9,11,16-17H,2-3,5-8H2,(H,18,21)(H,19,20). The van der Waals surface area contributed by atoms with Crippen molar-refractivity contribution < 1.29 is 9.59 Å². The molecule has 3 rings (SSSR count). The third-order valence-electron chi connectivity index (χ3n) is 3.62. The first kappa shape index (κ1) is 13.7. The molecule has 0 aromatic heterocycles. The van der Waals surface area contributed by atoms with E-state index in [9.17, 15) is 9.59 Å². The third-order valence-corrected chi connectivity index (χ3v) is 3.62. The molecule has 1 aromatic carbocycles. The lowest BCUT2D eigenvalue weighted by Gasteiger charge is -2.20. The van der Waals surface area contributed by atoms with Crippen molar-refractivity contribution >= 4 is 23.2 Å². The predicted molar refractivity (Wildman–Crippen MR) is 81.5 cm³/mol. The highest BCUT2D eigenvalue weighted by molar-refractivity contribution is 5.96. The van der Waals surface area contributed by atoms with Gasteiger partial charge in [-0.25, -0.2) is 0 Å². The zero-order chi connectivity index (χ0) is 14.7. The average molecular weight is 288 g/mol. The molecule has 6 nitrogen and oxygen atoms in total. The van der Waals surface area contributed by atoms with Gasteiger partial charge in [-0.05, 0) is 31.0 Å². The Morgan fingerprint density at radius 3 is 2.67 bits per heavy atom. The lowest BCUT2D eigenvalue weighted by molar-refractivity contribution is -0.121. The van der Waals surface area contributed by atoms with E-state index in [2.05, 4.69) is 21.3 Å². The topological polar surface area (TPSA) is 82.3 Å². The van der Waals surface area contributed by atoms with Gasteiger partial charge in [0.15, 0.2) is 0 Å². The molecule has 2 amide bonds. The lowest BCUT2D eigenvalue weighted by Crippen LogP contribution is -2.31. The quantitative estimate of drug-likeness (QED) is 0.649. The maximum absolute atomic E-state index is 12.1. The minimum atomic E-state index is -0.149. The molecule has 2 aliphatic rings. The van der Waals surface area contributed by atoms with Gasteiger partial charge in [0.2, 0.25) is 5.91 Å². The van der Waals surface area contributed by atoms with E-state index in [1.165, 1.54) is 0 Å². The van der Waals surface area contributed by atoms with Crippen molar-refractivity contribution in [3.05, 3.63) is 23.8 Å².